The second-order valence-electron chi connectivity index (χ2n) is 6.13. The van der Waals surface area contributed by atoms with Gasteiger partial charge in [-0.3, -0.25) is 4.68 Å². The van der Waals surface area contributed by atoms with E-state index in [0.29, 0.717) is 24.6 Å². The second kappa shape index (κ2) is 9.22. The highest BCUT2D eigenvalue weighted by molar-refractivity contribution is 5.51. The van der Waals surface area contributed by atoms with Crippen LogP contribution in [0.4, 0.5) is 11.8 Å². The van der Waals surface area contributed by atoms with E-state index in [1.54, 1.807) is 10.9 Å². The van der Waals surface area contributed by atoms with E-state index in [9.17, 15) is 5.11 Å². The third kappa shape index (κ3) is 5.60. The van der Waals surface area contributed by atoms with Gasteiger partial charge in [-0.15, -0.1) is 0 Å². The van der Waals surface area contributed by atoms with Crippen molar-refractivity contribution in [2.75, 3.05) is 17.7 Å². The van der Waals surface area contributed by atoms with Crippen molar-refractivity contribution in [1.82, 2.24) is 19.7 Å². The van der Waals surface area contributed by atoms with Crippen LogP contribution in [0.2, 0.25) is 0 Å². The molecule has 2 rings (SSSR count). The first-order valence-electron chi connectivity index (χ1n) is 8.65. The zero-order chi connectivity index (χ0) is 18.2. The minimum atomic E-state index is 0.110. The fourth-order valence-electron chi connectivity index (χ4n) is 2.54. The Bertz CT molecular complexity index is 654. The zero-order valence-corrected chi connectivity index (χ0v) is 15.2. The van der Waals surface area contributed by atoms with Crippen molar-refractivity contribution in [3.8, 4) is 5.75 Å². The van der Waals surface area contributed by atoms with Crippen LogP contribution in [0.15, 0.2) is 12.3 Å². The highest BCUT2D eigenvalue weighted by Crippen LogP contribution is 2.25. The highest BCUT2D eigenvalue weighted by Gasteiger charge is 2.14. The molecule has 0 saturated carbocycles. The number of nitrogens with two attached hydrogens (primary N) is 1. The molecular formula is C17H28N6O2. The summed E-state index contributed by atoms with van der Waals surface area (Å²) in [5, 5.41) is 17.0. The molecule has 2 aromatic rings. The molecule has 0 spiro atoms. The van der Waals surface area contributed by atoms with Gasteiger partial charge in [0.1, 0.15) is 12.3 Å². The first-order valence-corrected chi connectivity index (χ1v) is 8.65. The van der Waals surface area contributed by atoms with Gasteiger partial charge in [0.2, 0.25) is 5.95 Å². The van der Waals surface area contributed by atoms with Crippen molar-refractivity contribution in [2.45, 2.75) is 52.2 Å². The number of aryl methyl sites for hydroxylation is 2. The Morgan fingerprint density at radius 3 is 2.84 bits per heavy atom. The van der Waals surface area contributed by atoms with Gasteiger partial charge in [-0.05, 0) is 25.8 Å². The van der Waals surface area contributed by atoms with Gasteiger partial charge in [-0.25, -0.2) is 4.98 Å². The first kappa shape index (κ1) is 19.0. The molecule has 0 saturated heterocycles. The lowest BCUT2D eigenvalue weighted by molar-refractivity contribution is 0.275. The minimum Gasteiger partial charge on any atom is -0.482 e. The molecule has 0 bridgehead atoms. The molecule has 2 heterocycles. The normalized spacial score (nSPS) is 12.2. The molecular weight excluding hydrogens is 320 g/mol. The lowest BCUT2D eigenvalue weighted by Gasteiger charge is -2.20. The van der Waals surface area contributed by atoms with Gasteiger partial charge >= 0.3 is 0 Å². The van der Waals surface area contributed by atoms with E-state index in [1.165, 1.54) is 0 Å². The largest absolute Gasteiger partial charge is 0.482 e. The number of hydrogen-bond donors (Lipinski definition) is 3. The maximum absolute atomic E-state index is 9.28. The summed E-state index contributed by atoms with van der Waals surface area (Å²) in [6.45, 7) is 4.57. The quantitative estimate of drug-likeness (QED) is 0.602. The predicted molar refractivity (Wildman–Crippen MR) is 97.4 cm³/mol. The van der Waals surface area contributed by atoms with E-state index in [2.05, 4.69) is 27.3 Å². The van der Waals surface area contributed by atoms with Gasteiger partial charge in [-0.1, -0.05) is 19.8 Å². The number of aliphatic hydroxyl groups excluding tert-OH is 1. The second-order valence-corrected chi connectivity index (χ2v) is 6.13. The Labute approximate surface area is 148 Å². The Kier molecular flexibility index (Phi) is 7.00. The lowest BCUT2D eigenvalue weighted by Crippen LogP contribution is -2.22. The molecule has 8 nitrogen and oxygen atoms in total. The van der Waals surface area contributed by atoms with Crippen LogP contribution in [-0.2, 0) is 13.7 Å². The molecule has 0 aliphatic heterocycles. The van der Waals surface area contributed by atoms with E-state index in [1.807, 2.05) is 20.0 Å². The molecule has 0 aliphatic rings. The zero-order valence-electron chi connectivity index (χ0n) is 15.2. The summed E-state index contributed by atoms with van der Waals surface area (Å²) in [4.78, 5) is 8.28. The number of hydrogen-bond acceptors (Lipinski definition) is 7. The Hall–Kier alpha value is -2.35. The number of aromatic nitrogens is 4. The van der Waals surface area contributed by atoms with E-state index in [4.69, 9.17) is 10.5 Å². The molecule has 0 aliphatic carbocycles. The first-order chi connectivity index (χ1) is 12.0. The van der Waals surface area contributed by atoms with Crippen LogP contribution in [0.5, 0.6) is 5.75 Å². The average Bonchev–Trinajstić information content (AvgIpc) is 2.90. The molecule has 25 heavy (non-hydrogen) atoms. The van der Waals surface area contributed by atoms with Crippen LogP contribution in [0.1, 0.15) is 44.0 Å². The lowest BCUT2D eigenvalue weighted by atomic mass is 10.1. The fraction of sp³-hybridized carbons (Fsp3) is 0.588. The molecule has 0 aromatic carbocycles. The molecule has 0 amide bonds. The van der Waals surface area contributed by atoms with Crippen molar-refractivity contribution in [3.63, 3.8) is 0 Å². The monoisotopic (exact) mass is 348 g/mol. The van der Waals surface area contributed by atoms with Crippen molar-refractivity contribution in [1.29, 1.82) is 0 Å². The van der Waals surface area contributed by atoms with Gasteiger partial charge in [0.05, 0.1) is 6.20 Å². The van der Waals surface area contributed by atoms with Crippen molar-refractivity contribution < 1.29 is 9.84 Å². The van der Waals surface area contributed by atoms with Crippen LogP contribution in [0, 0.1) is 6.92 Å². The van der Waals surface area contributed by atoms with Gasteiger partial charge in [0, 0.05) is 25.4 Å². The van der Waals surface area contributed by atoms with Gasteiger partial charge in [0.15, 0.2) is 11.6 Å². The Balaban J connectivity index is 2.09. The summed E-state index contributed by atoms with van der Waals surface area (Å²) in [6.07, 6.45) is 5.32. The molecule has 0 radical (unpaired) electrons. The molecule has 0 fully saturated rings. The van der Waals surface area contributed by atoms with Crippen molar-refractivity contribution in [3.05, 3.63) is 23.7 Å². The maximum atomic E-state index is 9.28. The van der Waals surface area contributed by atoms with Crippen LogP contribution in [-0.4, -0.2) is 37.5 Å². The van der Waals surface area contributed by atoms with Crippen LogP contribution in [0.25, 0.3) is 0 Å². The Morgan fingerprint density at radius 1 is 1.40 bits per heavy atom. The molecule has 2 aromatic heterocycles. The van der Waals surface area contributed by atoms with E-state index >= 15 is 0 Å². The van der Waals surface area contributed by atoms with E-state index < -0.39 is 0 Å². The molecule has 8 heteroatoms. The molecule has 4 N–H and O–H groups in total. The number of unbranched alkanes of at least 4 members (excludes halogenated alkanes) is 1. The van der Waals surface area contributed by atoms with Crippen molar-refractivity contribution >= 4 is 11.8 Å². The standard InChI is InChI=1S/C17H28N6O2/c1-4-5-6-13(7-8-24)20-16-15(10-19-17(18)21-16)25-11-14-9-12(2)23(3)22-14/h9-10,13,24H,4-8,11H2,1-3H3,(H3,18,19,20,21)/t13-/m1/s1. The van der Waals surface area contributed by atoms with E-state index in [0.717, 1.165) is 30.7 Å². The number of nitrogens with zero attached hydrogens (tertiary/aromatic N) is 4. The van der Waals surface area contributed by atoms with Gasteiger partial charge in [-0.2, -0.15) is 10.1 Å². The third-order valence-corrected chi connectivity index (χ3v) is 4.04. The third-order valence-electron chi connectivity index (χ3n) is 4.04. The number of nitrogens with one attached hydrogen (secondary N) is 1. The fourth-order valence-corrected chi connectivity index (χ4v) is 2.54. The summed E-state index contributed by atoms with van der Waals surface area (Å²) in [5.74, 6) is 1.26. The summed E-state index contributed by atoms with van der Waals surface area (Å²) in [5.41, 5.74) is 7.62. The Morgan fingerprint density at radius 2 is 2.20 bits per heavy atom. The number of nitrogen functional groups attached to an aromatic ring is 1. The predicted octanol–water partition coefficient (Wildman–Crippen LogP) is 2.03. The number of anilines is 2. The van der Waals surface area contributed by atoms with Crippen LogP contribution >= 0.6 is 0 Å². The summed E-state index contributed by atoms with van der Waals surface area (Å²) in [6, 6.07) is 2.08. The van der Waals surface area contributed by atoms with Gasteiger partial charge in [0.25, 0.3) is 0 Å². The molecule has 1 atom stereocenters. The van der Waals surface area contributed by atoms with E-state index in [-0.39, 0.29) is 18.6 Å². The van der Waals surface area contributed by atoms with Crippen LogP contribution in [0.3, 0.4) is 0 Å². The summed E-state index contributed by atoms with van der Waals surface area (Å²) >= 11 is 0. The average molecular weight is 348 g/mol. The highest BCUT2D eigenvalue weighted by atomic mass is 16.5. The molecule has 0 unspecified atom stereocenters. The molecule has 138 valence electrons. The number of ether oxygens (including phenoxy) is 1. The summed E-state index contributed by atoms with van der Waals surface area (Å²) < 4.78 is 7.65. The SMILES string of the molecule is CCCC[C@H](CCO)Nc1nc(N)ncc1OCc1cc(C)n(C)n1. The van der Waals surface area contributed by atoms with Crippen LogP contribution < -0.4 is 15.8 Å². The minimum absolute atomic E-state index is 0.110. The number of rotatable bonds is 10. The maximum Gasteiger partial charge on any atom is 0.222 e. The van der Waals surface area contributed by atoms with Gasteiger partial charge < -0.3 is 20.9 Å². The number of aliphatic hydroxyl groups is 1. The topological polar surface area (TPSA) is 111 Å². The summed E-state index contributed by atoms with van der Waals surface area (Å²) in [7, 11) is 1.89. The smallest absolute Gasteiger partial charge is 0.222 e. The van der Waals surface area contributed by atoms with Crippen molar-refractivity contribution in [2.24, 2.45) is 7.05 Å².